The van der Waals surface area contributed by atoms with Crippen LogP contribution in [0.3, 0.4) is 0 Å². The third-order valence-corrected chi connectivity index (χ3v) is 5.71. The first-order valence-electron chi connectivity index (χ1n) is 9.85. The molecule has 0 bridgehead atoms. The Kier molecular flexibility index (Phi) is 5.48. The number of halogens is 4. The number of fused-ring (bicyclic) bond motifs is 1. The Balaban J connectivity index is 1.58. The molecule has 0 spiro atoms. The number of alkyl halides is 3. The number of methoxy groups -OCH3 is 1. The van der Waals surface area contributed by atoms with Crippen molar-refractivity contribution >= 4 is 11.3 Å². The zero-order valence-corrected chi connectivity index (χ0v) is 16.8. The van der Waals surface area contributed by atoms with Gasteiger partial charge in [-0.3, -0.25) is 0 Å². The third-order valence-electron chi connectivity index (χ3n) is 5.71. The van der Waals surface area contributed by atoms with Gasteiger partial charge in [0.15, 0.2) is 17.2 Å². The summed E-state index contributed by atoms with van der Waals surface area (Å²) in [7, 11) is 1.45. The van der Waals surface area contributed by atoms with Crippen molar-refractivity contribution in [3.63, 3.8) is 0 Å². The van der Waals surface area contributed by atoms with Crippen molar-refractivity contribution in [2.75, 3.05) is 25.1 Å². The van der Waals surface area contributed by atoms with Crippen molar-refractivity contribution in [1.82, 2.24) is 9.38 Å². The fraction of sp³-hybridized carbons (Fsp3) is 0.364. The third kappa shape index (κ3) is 4.02. The molecule has 4 rings (SSSR count). The number of imidazole rings is 1. The predicted octanol–water partition coefficient (Wildman–Crippen LogP) is 4.84. The highest BCUT2D eigenvalue weighted by molar-refractivity contribution is 5.71. The number of anilines is 1. The van der Waals surface area contributed by atoms with Gasteiger partial charge < -0.3 is 14.0 Å². The summed E-state index contributed by atoms with van der Waals surface area (Å²) in [4.78, 5) is 6.11. The van der Waals surface area contributed by atoms with Gasteiger partial charge in [-0.05, 0) is 30.9 Å². The summed E-state index contributed by atoms with van der Waals surface area (Å²) in [5.74, 6) is -0.0238. The van der Waals surface area contributed by atoms with E-state index in [1.165, 1.54) is 23.8 Å². The lowest BCUT2D eigenvalue weighted by Crippen LogP contribution is -2.33. The number of pyridine rings is 1. The highest BCUT2D eigenvalue weighted by Crippen LogP contribution is 2.37. The highest BCUT2D eigenvalue weighted by Gasteiger charge is 2.30. The molecule has 0 aliphatic carbocycles. The average molecular weight is 432 g/mol. The summed E-state index contributed by atoms with van der Waals surface area (Å²) in [5, 5.41) is 9.71. The van der Waals surface area contributed by atoms with Crippen molar-refractivity contribution in [3.05, 3.63) is 59.3 Å². The minimum absolute atomic E-state index is 0.0116. The summed E-state index contributed by atoms with van der Waals surface area (Å²) >= 11 is 0. The number of piperidine rings is 1. The zero-order valence-electron chi connectivity index (χ0n) is 16.8. The summed E-state index contributed by atoms with van der Waals surface area (Å²) in [6.07, 6.45) is -1.33. The molecule has 0 atom stereocenters. The molecule has 0 unspecified atom stereocenters. The van der Waals surface area contributed by atoms with Crippen LogP contribution in [0.2, 0.25) is 0 Å². The second-order valence-electron chi connectivity index (χ2n) is 7.55. The van der Waals surface area contributed by atoms with Gasteiger partial charge in [-0.1, -0.05) is 12.1 Å². The van der Waals surface area contributed by atoms with E-state index in [4.69, 9.17) is 4.74 Å². The Labute approximate surface area is 176 Å². The van der Waals surface area contributed by atoms with Gasteiger partial charge in [-0.2, -0.15) is 18.4 Å². The number of nitriles is 1. The van der Waals surface area contributed by atoms with Crippen LogP contribution in [0, 0.1) is 17.1 Å². The van der Waals surface area contributed by atoms with Crippen molar-refractivity contribution < 1.29 is 22.3 Å². The molecule has 1 saturated heterocycles. The normalized spacial score (nSPS) is 15.3. The van der Waals surface area contributed by atoms with E-state index in [1.807, 2.05) is 11.0 Å². The maximum absolute atomic E-state index is 14.0. The first-order chi connectivity index (χ1) is 14.8. The number of aromatic nitrogens is 2. The van der Waals surface area contributed by atoms with Crippen LogP contribution in [0.15, 0.2) is 36.7 Å². The van der Waals surface area contributed by atoms with Gasteiger partial charge in [0, 0.05) is 31.0 Å². The number of nitrogens with zero attached hydrogens (tertiary/aromatic N) is 4. The molecular weight excluding hydrogens is 412 g/mol. The largest absolute Gasteiger partial charge is 0.493 e. The Morgan fingerprint density at radius 3 is 2.61 bits per heavy atom. The molecule has 5 nitrogen and oxygen atoms in total. The fourth-order valence-electron chi connectivity index (χ4n) is 4.29. The molecule has 1 aromatic carbocycles. The number of ether oxygens (including phenoxy) is 1. The number of hydrogen-bond donors (Lipinski definition) is 0. The lowest BCUT2D eigenvalue weighted by Gasteiger charge is -2.34. The predicted molar refractivity (Wildman–Crippen MR) is 107 cm³/mol. The highest BCUT2D eigenvalue weighted by atomic mass is 19.4. The van der Waals surface area contributed by atoms with Crippen LogP contribution in [-0.2, 0) is 6.42 Å². The molecule has 0 amide bonds. The first-order valence-corrected chi connectivity index (χ1v) is 9.85. The van der Waals surface area contributed by atoms with Crippen molar-refractivity contribution in [1.29, 1.82) is 5.26 Å². The van der Waals surface area contributed by atoms with E-state index >= 15 is 0 Å². The molecule has 3 aromatic rings. The second-order valence-corrected chi connectivity index (χ2v) is 7.55. The van der Waals surface area contributed by atoms with E-state index in [2.05, 4.69) is 11.1 Å². The number of rotatable bonds is 4. The molecule has 31 heavy (non-hydrogen) atoms. The Morgan fingerprint density at radius 1 is 1.23 bits per heavy atom. The van der Waals surface area contributed by atoms with E-state index in [1.54, 1.807) is 12.1 Å². The monoisotopic (exact) mass is 432 g/mol. The van der Waals surface area contributed by atoms with Gasteiger partial charge in [-0.25, -0.2) is 9.37 Å². The van der Waals surface area contributed by atoms with Crippen molar-refractivity contribution in [2.45, 2.75) is 31.4 Å². The Bertz CT molecular complexity index is 1140. The molecule has 0 saturated carbocycles. The quantitative estimate of drug-likeness (QED) is 0.554. The molecule has 1 aliphatic rings. The molecule has 0 radical (unpaired) electrons. The summed E-state index contributed by atoms with van der Waals surface area (Å²) in [5.41, 5.74) is 1.92. The van der Waals surface area contributed by atoms with E-state index in [0.717, 1.165) is 24.6 Å². The Hall–Kier alpha value is -3.28. The van der Waals surface area contributed by atoms with Crippen LogP contribution in [0.1, 0.15) is 35.6 Å². The average Bonchev–Trinajstić information content (AvgIpc) is 3.14. The molecule has 0 N–H and O–H groups in total. The van der Waals surface area contributed by atoms with Crippen LogP contribution in [0.5, 0.6) is 5.75 Å². The minimum atomic E-state index is -4.36. The van der Waals surface area contributed by atoms with Gasteiger partial charge in [0.1, 0.15) is 11.6 Å². The van der Waals surface area contributed by atoms with Crippen molar-refractivity contribution in [2.24, 2.45) is 0 Å². The summed E-state index contributed by atoms with van der Waals surface area (Å²) in [6, 6.07) is 8.66. The summed E-state index contributed by atoms with van der Waals surface area (Å²) in [6.45, 7) is 1.23. The Morgan fingerprint density at radius 2 is 1.97 bits per heavy atom. The second kappa shape index (κ2) is 8.10. The molecule has 162 valence electrons. The van der Waals surface area contributed by atoms with Gasteiger partial charge in [0.25, 0.3) is 0 Å². The first kappa shape index (κ1) is 21.0. The van der Waals surface area contributed by atoms with E-state index < -0.39 is 18.4 Å². The topological polar surface area (TPSA) is 53.6 Å². The van der Waals surface area contributed by atoms with E-state index in [-0.39, 0.29) is 28.6 Å². The molecule has 3 heterocycles. The molecule has 1 aliphatic heterocycles. The lowest BCUT2D eigenvalue weighted by molar-refractivity contribution is -0.127. The van der Waals surface area contributed by atoms with Gasteiger partial charge in [0.05, 0.1) is 24.9 Å². The van der Waals surface area contributed by atoms with Crippen LogP contribution >= 0.6 is 0 Å². The maximum atomic E-state index is 14.0. The molecule has 9 heteroatoms. The van der Waals surface area contributed by atoms with E-state index in [0.29, 0.717) is 18.8 Å². The van der Waals surface area contributed by atoms with Crippen LogP contribution in [-0.4, -0.2) is 35.8 Å². The summed E-state index contributed by atoms with van der Waals surface area (Å²) < 4.78 is 59.0. The zero-order chi connectivity index (χ0) is 22.2. The number of para-hydroxylation sites is 1. The number of hydrogen-bond acceptors (Lipinski definition) is 4. The smallest absolute Gasteiger partial charge is 0.394 e. The molecule has 1 fully saturated rings. The van der Waals surface area contributed by atoms with Gasteiger partial charge in [-0.15, -0.1) is 0 Å². The van der Waals surface area contributed by atoms with E-state index in [9.17, 15) is 22.8 Å². The number of benzene rings is 1. The molecule has 2 aromatic heterocycles. The standard InChI is InChI=1S/C22H20F4N4O/c1-31-20-16(3-2-4-18(20)23)14-5-8-29(9-6-14)19-7-10-30-15(11-22(24,25)26)13-28-21(30)17(19)12-27/h2-4,7,10,13-14H,5-6,8-9,11H2,1H3. The minimum Gasteiger partial charge on any atom is -0.493 e. The van der Waals surface area contributed by atoms with Gasteiger partial charge in [0.2, 0.25) is 0 Å². The fourth-order valence-corrected chi connectivity index (χ4v) is 4.29. The SMILES string of the molecule is COc1c(F)cccc1C1CCN(c2ccn3c(CC(F)(F)F)cnc3c2C#N)CC1. The van der Waals surface area contributed by atoms with Crippen LogP contribution in [0.25, 0.3) is 5.65 Å². The van der Waals surface area contributed by atoms with Crippen LogP contribution < -0.4 is 9.64 Å². The van der Waals surface area contributed by atoms with Crippen LogP contribution in [0.4, 0.5) is 23.2 Å². The lowest BCUT2D eigenvalue weighted by atomic mass is 9.88. The maximum Gasteiger partial charge on any atom is 0.394 e. The molecular formula is C22H20F4N4O. The van der Waals surface area contributed by atoms with Crippen molar-refractivity contribution in [3.8, 4) is 11.8 Å². The van der Waals surface area contributed by atoms with Gasteiger partial charge >= 0.3 is 6.18 Å².